The number of allylic oxidation sites excluding steroid dienone is 4. The Morgan fingerprint density at radius 1 is 1.28 bits per heavy atom. The molecule has 8 nitrogen and oxygen atoms in total. The first kappa shape index (κ1) is 18.5. The molecule has 0 saturated carbocycles. The van der Waals surface area contributed by atoms with Gasteiger partial charge in [-0.15, -0.1) is 13.2 Å². The van der Waals surface area contributed by atoms with Crippen molar-refractivity contribution in [1.29, 1.82) is 0 Å². The second kappa shape index (κ2) is 7.38. The third-order valence-corrected chi connectivity index (χ3v) is 2.91. The Bertz CT molecular complexity index is 847. The van der Waals surface area contributed by atoms with Gasteiger partial charge in [0.25, 0.3) is 5.88 Å². The molecule has 12 heteroatoms. The first-order valence-corrected chi connectivity index (χ1v) is 6.89. The molecule has 0 atom stereocenters. The van der Waals surface area contributed by atoms with E-state index in [0.717, 1.165) is 13.0 Å². The number of halogens is 4. The first-order valence-electron chi connectivity index (χ1n) is 6.51. The van der Waals surface area contributed by atoms with Crippen molar-refractivity contribution in [3.63, 3.8) is 0 Å². The first-order chi connectivity index (χ1) is 11.7. The van der Waals surface area contributed by atoms with Crippen LogP contribution >= 0.6 is 11.6 Å². The molecule has 2 aromatic rings. The van der Waals surface area contributed by atoms with Crippen LogP contribution in [-0.4, -0.2) is 33.8 Å². The Labute approximate surface area is 143 Å². The zero-order valence-corrected chi connectivity index (χ0v) is 13.6. The maximum atomic E-state index is 12.2. The summed E-state index contributed by atoms with van der Waals surface area (Å²) in [5.41, 5.74) is 0.345. The number of aromatic nitrogens is 4. The van der Waals surface area contributed by atoms with E-state index < -0.39 is 12.1 Å². The summed E-state index contributed by atoms with van der Waals surface area (Å²) in [4.78, 5) is 8.08. The number of anilines is 1. The number of alkyl halides is 3. The van der Waals surface area contributed by atoms with Crippen molar-refractivity contribution in [2.75, 3.05) is 12.4 Å². The molecule has 0 aromatic carbocycles. The Morgan fingerprint density at radius 2 is 1.92 bits per heavy atom. The Kier molecular flexibility index (Phi) is 5.47. The Hall–Kier alpha value is -2.82. The fourth-order valence-corrected chi connectivity index (χ4v) is 1.93. The van der Waals surface area contributed by atoms with Crippen LogP contribution in [0.5, 0.6) is 5.88 Å². The van der Waals surface area contributed by atoms with Crippen molar-refractivity contribution in [1.82, 2.24) is 20.3 Å². The van der Waals surface area contributed by atoms with E-state index >= 15 is 0 Å². The summed E-state index contributed by atoms with van der Waals surface area (Å²) in [5.74, 6) is -0.339. The molecule has 25 heavy (non-hydrogen) atoms. The number of fused-ring (bicyclic) bond motifs is 1. The normalized spacial score (nSPS) is 13.4. The SMILES string of the molecule is C=C/C(Nc1nc2nonc2nc1OC)=C(Cl)\C=C(/C)OC(F)(F)F. The van der Waals surface area contributed by atoms with Gasteiger partial charge in [-0.25, -0.2) is 4.63 Å². The number of ether oxygens (including phenoxy) is 2. The van der Waals surface area contributed by atoms with E-state index in [1.807, 2.05) is 0 Å². The van der Waals surface area contributed by atoms with E-state index in [0.29, 0.717) is 0 Å². The van der Waals surface area contributed by atoms with Gasteiger partial charge in [-0.2, -0.15) is 9.97 Å². The van der Waals surface area contributed by atoms with E-state index in [4.69, 9.17) is 16.3 Å². The highest BCUT2D eigenvalue weighted by atomic mass is 35.5. The number of hydrogen-bond donors (Lipinski definition) is 1. The zero-order valence-electron chi connectivity index (χ0n) is 12.9. The van der Waals surface area contributed by atoms with Gasteiger partial charge in [-0.1, -0.05) is 18.2 Å². The molecule has 2 aromatic heterocycles. The molecule has 2 rings (SSSR count). The van der Waals surface area contributed by atoms with E-state index in [1.165, 1.54) is 13.2 Å². The number of nitrogens with zero attached hydrogens (tertiary/aromatic N) is 4. The predicted molar refractivity (Wildman–Crippen MR) is 81.5 cm³/mol. The lowest BCUT2D eigenvalue weighted by Gasteiger charge is -2.11. The van der Waals surface area contributed by atoms with E-state index in [1.54, 1.807) is 0 Å². The lowest BCUT2D eigenvalue weighted by molar-refractivity contribution is -0.305. The van der Waals surface area contributed by atoms with Crippen molar-refractivity contribution < 1.29 is 27.3 Å². The third kappa shape index (κ3) is 4.83. The largest absolute Gasteiger partial charge is 0.572 e. The molecular formula is C13H11ClF3N5O3. The summed E-state index contributed by atoms with van der Waals surface area (Å²) in [5, 5.41) is 9.68. The van der Waals surface area contributed by atoms with Gasteiger partial charge in [0, 0.05) is 0 Å². The van der Waals surface area contributed by atoms with Crippen LogP contribution in [0, 0.1) is 0 Å². The van der Waals surface area contributed by atoms with E-state index in [2.05, 4.69) is 41.5 Å². The average molecular weight is 378 g/mol. The van der Waals surface area contributed by atoms with Crippen LogP contribution in [0.25, 0.3) is 11.3 Å². The molecular weight excluding hydrogens is 367 g/mol. The maximum absolute atomic E-state index is 12.2. The van der Waals surface area contributed by atoms with Gasteiger partial charge in [0.05, 0.1) is 17.8 Å². The minimum Gasteiger partial charge on any atom is -0.478 e. The van der Waals surface area contributed by atoms with E-state index in [9.17, 15) is 13.2 Å². The zero-order chi connectivity index (χ0) is 18.6. The van der Waals surface area contributed by atoms with Crippen LogP contribution in [0.1, 0.15) is 6.92 Å². The summed E-state index contributed by atoms with van der Waals surface area (Å²) in [6, 6.07) is 0. The summed E-state index contributed by atoms with van der Waals surface area (Å²) >= 11 is 6.00. The molecule has 0 spiro atoms. The lowest BCUT2D eigenvalue weighted by Crippen LogP contribution is -2.11. The second-order valence-electron chi connectivity index (χ2n) is 4.39. The minimum atomic E-state index is -4.82. The van der Waals surface area contributed by atoms with Gasteiger partial charge in [0.15, 0.2) is 5.82 Å². The van der Waals surface area contributed by atoms with Gasteiger partial charge >= 0.3 is 6.36 Å². The van der Waals surface area contributed by atoms with Crippen LogP contribution in [-0.2, 0) is 4.74 Å². The molecule has 0 aliphatic carbocycles. The molecule has 0 saturated heterocycles. The summed E-state index contributed by atoms with van der Waals surface area (Å²) in [6.45, 7) is 4.64. The summed E-state index contributed by atoms with van der Waals surface area (Å²) in [6.07, 6.45) is -2.58. The molecule has 0 aliphatic rings. The molecule has 1 N–H and O–H groups in total. The maximum Gasteiger partial charge on any atom is 0.572 e. The summed E-state index contributed by atoms with van der Waals surface area (Å²) < 4.78 is 49.9. The molecule has 0 fully saturated rings. The third-order valence-electron chi connectivity index (χ3n) is 2.60. The van der Waals surface area contributed by atoms with Crippen LogP contribution in [0.3, 0.4) is 0 Å². The second-order valence-corrected chi connectivity index (χ2v) is 4.79. The molecule has 0 amide bonds. The van der Waals surface area contributed by atoms with Gasteiger partial charge in [0.2, 0.25) is 11.3 Å². The summed E-state index contributed by atoms with van der Waals surface area (Å²) in [7, 11) is 1.34. The van der Waals surface area contributed by atoms with Crippen LogP contribution in [0.4, 0.5) is 19.0 Å². The van der Waals surface area contributed by atoms with Crippen molar-refractivity contribution in [3.05, 3.63) is 35.2 Å². The lowest BCUT2D eigenvalue weighted by atomic mass is 10.3. The quantitative estimate of drug-likeness (QED) is 0.603. The number of hydrogen-bond acceptors (Lipinski definition) is 8. The van der Waals surface area contributed by atoms with Gasteiger partial charge in [-0.05, 0) is 29.4 Å². The van der Waals surface area contributed by atoms with Crippen LogP contribution in [0.15, 0.2) is 39.8 Å². The molecule has 0 aliphatic heterocycles. The average Bonchev–Trinajstić information content (AvgIpc) is 2.96. The van der Waals surface area contributed by atoms with Gasteiger partial charge < -0.3 is 14.8 Å². The smallest absolute Gasteiger partial charge is 0.478 e. The van der Waals surface area contributed by atoms with Gasteiger partial charge in [-0.3, -0.25) is 0 Å². The van der Waals surface area contributed by atoms with Crippen LogP contribution in [0.2, 0.25) is 0 Å². The van der Waals surface area contributed by atoms with Crippen molar-refractivity contribution >= 4 is 28.7 Å². The molecule has 0 unspecified atom stereocenters. The predicted octanol–water partition coefficient (Wildman–Crippen LogP) is 3.51. The standard InChI is InChI=1S/C13H11ClF3N5O3/c1-4-8(7(14)5-6(2)24-13(15,16)17)18-11-12(23-3)20-10-9(19-11)21-25-22-10/h4-5H,1H2,2-3H3,(H,18,19,21)/b6-5+,8-7-. The minimum absolute atomic E-state index is 0.0410. The highest BCUT2D eigenvalue weighted by Crippen LogP contribution is 2.26. The number of rotatable bonds is 6. The molecule has 2 heterocycles. The fourth-order valence-electron chi connectivity index (χ4n) is 1.65. The molecule has 0 radical (unpaired) electrons. The van der Waals surface area contributed by atoms with Crippen LogP contribution < -0.4 is 10.1 Å². The van der Waals surface area contributed by atoms with Gasteiger partial charge in [0.1, 0.15) is 5.76 Å². The highest BCUT2D eigenvalue weighted by molar-refractivity contribution is 6.32. The van der Waals surface area contributed by atoms with Crippen molar-refractivity contribution in [3.8, 4) is 5.88 Å². The molecule has 134 valence electrons. The highest BCUT2D eigenvalue weighted by Gasteiger charge is 2.31. The number of methoxy groups -OCH3 is 1. The topological polar surface area (TPSA) is 95.2 Å². The van der Waals surface area contributed by atoms with Crippen molar-refractivity contribution in [2.24, 2.45) is 0 Å². The van der Waals surface area contributed by atoms with E-state index in [-0.39, 0.29) is 33.7 Å². The molecule has 0 bridgehead atoms. The fraction of sp³-hybridized carbons (Fsp3) is 0.231. The number of nitrogens with one attached hydrogen (secondary N) is 1. The Balaban J connectivity index is 2.35. The Morgan fingerprint density at radius 3 is 2.48 bits per heavy atom. The monoisotopic (exact) mass is 377 g/mol. The van der Waals surface area contributed by atoms with Crippen molar-refractivity contribution in [2.45, 2.75) is 13.3 Å².